The first kappa shape index (κ1) is 17.9. The second-order valence-electron chi connectivity index (χ2n) is 6.33. The Labute approximate surface area is 143 Å². The Morgan fingerprint density at radius 1 is 1.22 bits per heavy atom. The predicted octanol–water partition coefficient (Wildman–Crippen LogP) is 1.86. The quantitative estimate of drug-likeness (QED) is 0.908. The highest BCUT2D eigenvalue weighted by atomic mass is 35.5. The van der Waals surface area contributed by atoms with Gasteiger partial charge in [-0.25, -0.2) is 0 Å². The summed E-state index contributed by atoms with van der Waals surface area (Å²) < 4.78 is 10.5. The molecule has 1 aliphatic heterocycles. The highest BCUT2D eigenvalue weighted by molar-refractivity contribution is 5.85. The van der Waals surface area contributed by atoms with Crippen molar-refractivity contribution in [3.63, 3.8) is 0 Å². The van der Waals surface area contributed by atoms with E-state index in [1.54, 1.807) is 14.2 Å². The number of nitrogens with zero attached hydrogens (tertiary/aromatic N) is 1. The van der Waals surface area contributed by atoms with Crippen LogP contribution in [0, 0.1) is 11.8 Å². The molecule has 3 atom stereocenters. The van der Waals surface area contributed by atoms with Crippen LogP contribution >= 0.6 is 12.4 Å². The van der Waals surface area contributed by atoms with E-state index in [2.05, 4.69) is 0 Å². The summed E-state index contributed by atoms with van der Waals surface area (Å²) in [5, 5.41) is 0. The van der Waals surface area contributed by atoms with Crippen LogP contribution in [0.3, 0.4) is 0 Å². The number of ether oxygens (including phenoxy) is 2. The Bertz CT molecular complexity index is 567. The zero-order chi connectivity index (χ0) is 15.7. The standard InChI is InChI=1S/C17H24N2O3.ClH/c1-21-15-6-3-11(7-16(15)22-2)8-17(20)19-9-12-4-5-14(18)13(12)10-19;/h3,6-7,12-14H,4-5,8-10,18H2,1-2H3;1H. The van der Waals surface area contributed by atoms with Crippen molar-refractivity contribution in [3.05, 3.63) is 23.8 Å². The van der Waals surface area contributed by atoms with Crippen LogP contribution in [0.15, 0.2) is 18.2 Å². The minimum Gasteiger partial charge on any atom is -0.493 e. The molecule has 0 spiro atoms. The van der Waals surface area contributed by atoms with Gasteiger partial charge in [0.25, 0.3) is 0 Å². The summed E-state index contributed by atoms with van der Waals surface area (Å²) in [4.78, 5) is 14.5. The summed E-state index contributed by atoms with van der Waals surface area (Å²) in [6.45, 7) is 1.68. The highest BCUT2D eigenvalue weighted by Crippen LogP contribution is 2.37. The molecular formula is C17H25ClN2O3. The summed E-state index contributed by atoms with van der Waals surface area (Å²) >= 11 is 0. The van der Waals surface area contributed by atoms with Gasteiger partial charge in [-0.05, 0) is 42.4 Å². The average molecular weight is 341 g/mol. The Morgan fingerprint density at radius 3 is 2.61 bits per heavy atom. The molecular weight excluding hydrogens is 316 g/mol. The lowest BCUT2D eigenvalue weighted by Gasteiger charge is -2.19. The number of methoxy groups -OCH3 is 2. The van der Waals surface area contributed by atoms with Crippen LogP contribution < -0.4 is 15.2 Å². The van der Waals surface area contributed by atoms with Crippen molar-refractivity contribution in [2.24, 2.45) is 17.6 Å². The molecule has 23 heavy (non-hydrogen) atoms. The molecule has 1 saturated carbocycles. The van der Waals surface area contributed by atoms with Gasteiger partial charge in [-0.3, -0.25) is 4.79 Å². The van der Waals surface area contributed by atoms with Crippen molar-refractivity contribution in [2.45, 2.75) is 25.3 Å². The van der Waals surface area contributed by atoms with Gasteiger partial charge in [-0.2, -0.15) is 0 Å². The van der Waals surface area contributed by atoms with E-state index in [0.717, 1.165) is 31.5 Å². The molecule has 1 heterocycles. The van der Waals surface area contributed by atoms with Crippen molar-refractivity contribution >= 4 is 18.3 Å². The minimum atomic E-state index is 0. The molecule has 0 aromatic heterocycles. The number of rotatable bonds is 4. The van der Waals surface area contributed by atoms with Crippen LogP contribution in [-0.2, 0) is 11.2 Å². The number of nitrogens with two attached hydrogens (primary N) is 1. The summed E-state index contributed by atoms with van der Waals surface area (Å²) in [5.41, 5.74) is 7.08. The van der Waals surface area contributed by atoms with Crippen molar-refractivity contribution in [2.75, 3.05) is 27.3 Å². The largest absolute Gasteiger partial charge is 0.493 e. The molecule has 0 radical (unpaired) electrons. The third-order valence-corrected chi connectivity index (χ3v) is 5.07. The van der Waals surface area contributed by atoms with E-state index >= 15 is 0 Å². The second-order valence-corrected chi connectivity index (χ2v) is 6.33. The first-order valence-electron chi connectivity index (χ1n) is 7.86. The maximum absolute atomic E-state index is 12.5. The summed E-state index contributed by atoms with van der Waals surface area (Å²) in [6, 6.07) is 5.90. The third kappa shape index (κ3) is 3.56. The fraction of sp³-hybridized carbons (Fsp3) is 0.588. The van der Waals surface area contributed by atoms with Crippen LogP contribution in [-0.4, -0.2) is 44.2 Å². The van der Waals surface area contributed by atoms with Gasteiger partial charge < -0.3 is 20.1 Å². The van der Waals surface area contributed by atoms with Crippen LogP contribution in [0.5, 0.6) is 11.5 Å². The third-order valence-electron chi connectivity index (χ3n) is 5.07. The van der Waals surface area contributed by atoms with Gasteiger partial charge in [0.1, 0.15) is 0 Å². The van der Waals surface area contributed by atoms with Crippen LogP contribution in [0.1, 0.15) is 18.4 Å². The molecule has 2 aliphatic rings. The van der Waals surface area contributed by atoms with Gasteiger partial charge in [-0.1, -0.05) is 6.07 Å². The molecule has 1 aliphatic carbocycles. The number of likely N-dealkylation sites (tertiary alicyclic amines) is 1. The van der Waals surface area contributed by atoms with Crippen LogP contribution in [0.2, 0.25) is 0 Å². The molecule has 6 heteroatoms. The number of benzene rings is 1. The van der Waals surface area contributed by atoms with Crippen molar-refractivity contribution in [3.8, 4) is 11.5 Å². The Hall–Kier alpha value is -1.46. The number of amides is 1. The number of halogens is 1. The summed E-state index contributed by atoms with van der Waals surface area (Å²) in [7, 11) is 3.21. The molecule has 1 saturated heterocycles. The second kappa shape index (κ2) is 7.41. The topological polar surface area (TPSA) is 64.8 Å². The molecule has 1 aromatic rings. The van der Waals surface area contributed by atoms with E-state index in [1.807, 2.05) is 23.1 Å². The molecule has 2 N–H and O–H groups in total. The smallest absolute Gasteiger partial charge is 0.227 e. The SMILES string of the molecule is COc1ccc(CC(=O)N2CC3CCC(N)C3C2)cc1OC.Cl. The number of hydrogen-bond acceptors (Lipinski definition) is 4. The zero-order valence-electron chi connectivity index (χ0n) is 13.7. The molecule has 0 bridgehead atoms. The zero-order valence-corrected chi connectivity index (χ0v) is 14.5. The van der Waals surface area contributed by atoms with Gasteiger partial charge in [0, 0.05) is 19.1 Å². The molecule has 2 fully saturated rings. The number of carbonyl (C=O) groups is 1. The molecule has 5 nitrogen and oxygen atoms in total. The van der Waals surface area contributed by atoms with Crippen molar-refractivity contribution in [1.82, 2.24) is 4.90 Å². The predicted molar refractivity (Wildman–Crippen MR) is 91.3 cm³/mol. The lowest BCUT2D eigenvalue weighted by atomic mass is 9.98. The molecule has 1 amide bonds. The van der Waals surface area contributed by atoms with Gasteiger partial charge >= 0.3 is 0 Å². The van der Waals surface area contributed by atoms with E-state index in [4.69, 9.17) is 15.2 Å². The fourth-order valence-corrected chi connectivity index (χ4v) is 3.79. The van der Waals surface area contributed by atoms with Crippen LogP contribution in [0.4, 0.5) is 0 Å². The van der Waals surface area contributed by atoms with Gasteiger partial charge in [0.15, 0.2) is 11.5 Å². The van der Waals surface area contributed by atoms with Crippen molar-refractivity contribution < 1.29 is 14.3 Å². The number of carbonyl (C=O) groups excluding carboxylic acids is 1. The highest BCUT2D eigenvalue weighted by Gasteiger charge is 2.42. The molecule has 3 unspecified atom stereocenters. The average Bonchev–Trinajstić information content (AvgIpc) is 3.09. The monoisotopic (exact) mass is 340 g/mol. The van der Waals surface area contributed by atoms with E-state index in [1.165, 1.54) is 0 Å². The lowest BCUT2D eigenvalue weighted by Crippen LogP contribution is -2.34. The Kier molecular flexibility index (Phi) is 5.76. The first-order valence-corrected chi connectivity index (χ1v) is 7.86. The normalized spacial score (nSPS) is 25.7. The minimum absolute atomic E-state index is 0. The van der Waals surface area contributed by atoms with E-state index in [0.29, 0.717) is 29.8 Å². The van der Waals surface area contributed by atoms with Gasteiger partial charge in [0.2, 0.25) is 5.91 Å². The Morgan fingerprint density at radius 2 is 1.96 bits per heavy atom. The van der Waals surface area contributed by atoms with Crippen molar-refractivity contribution in [1.29, 1.82) is 0 Å². The maximum Gasteiger partial charge on any atom is 0.227 e. The van der Waals surface area contributed by atoms with E-state index in [9.17, 15) is 4.79 Å². The molecule has 1 aromatic carbocycles. The number of fused-ring (bicyclic) bond motifs is 1. The summed E-state index contributed by atoms with van der Waals surface area (Å²) in [6.07, 6.45) is 2.66. The van der Waals surface area contributed by atoms with Crippen LogP contribution in [0.25, 0.3) is 0 Å². The Balaban J connectivity index is 0.00000192. The first-order chi connectivity index (χ1) is 10.6. The lowest BCUT2D eigenvalue weighted by molar-refractivity contribution is -0.129. The summed E-state index contributed by atoms with van der Waals surface area (Å²) in [5.74, 6) is 2.61. The molecule has 128 valence electrons. The number of hydrogen-bond donors (Lipinski definition) is 1. The van der Waals surface area contributed by atoms with Gasteiger partial charge in [0.05, 0.1) is 20.6 Å². The fourth-order valence-electron chi connectivity index (χ4n) is 3.79. The molecule has 3 rings (SSSR count). The maximum atomic E-state index is 12.5. The van der Waals surface area contributed by atoms with E-state index < -0.39 is 0 Å². The van der Waals surface area contributed by atoms with E-state index in [-0.39, 0.29) is 24.4 Å². The van der Waals surface area contributed by atoms with Gasteiger partial charge in [-0.15, -0.1) is 12.4 Å².